The number of carbonyl (C=O) groups is 1. The van der Waals surface area contributed by atoms with Crippen LogP contribution in [0.4, 0.5) is 5.69 Å². The highest BCUT2D eigenvalue weighted by Gasteiger charge is 2.29. The van der Waals surface area contributed by atoms with Crippen molar-refractivity contribution in [3.05, 3.63) is 35.2 Å². The molecule has 2 aromatic rings. The summed E-state index contributed by atoms with van der Waals surface area (Å²) in [6.45, 7) is 3.99. The van der Waals surface area contributed by atoms with E-state index in [0.717, 1.165) is 22.6 Å². The maximum absolute atomic E-state index is 12.3. The van der Waals surface area contributed by atoms with Crippen molar-refractivity contribution in [1.82, 2.24) is 14.8 Å². The van der Waals surface area contributed by atoms with E-state index in [9.17, 15) is 13.2 Å². The predicted octanol–water partition coefficient (Wildman–Crippen LogP) is 2.14. The van der Waals surface area contributed by atoms with Gasteiger partial charge in [-0.3, -0.25) is 4.79 Å². The van der Waals surface area contributed by atoms with E-state index >= 15 is 0 Å². The first-order chi connectivity index (χ1) is 12.7. The number of thioether (sulfide) groups is 1. The van der Waals surface area contributed by atoms with Gasteiger partial charge in [-0.25, -0.2) is 8.42 Å². The molecule has 1 fully saturated rings. The Morgan fingerprint density at radius 1 is 1.33 bits per heavy atom. The zero-order valence-corrected chi connectivity index (χ0v) is 17.4. The van der Waals surface area contributed by atoms with Crippen molar-refractivity contribution in [3.63, 3.8) is 0 Å². The van der Waals surface area contributed by atoms with Gasteiger partial charge < -0.3 is 9.88 Å². The van der Waals surface area contributed by atoms with Crippen LogP contribution < -0.4 is 5.32 Å². The topological polar surface area (TPSA) is 94.0 Å². The fourth-order valence-corrected chi connectivity index (χ4v) is 5.73. The molecule has 1 aromatic heterocycles. The first-order valence-corrected chi connectivity index (χ1v) is 11.6. The minimum atomic E-state index is -2.90. The zero-order chi connectivity index (χ0) is 19.6. The molecule has 1 N–H and O–H groups in total. The summed E-state index contributed by atoms with van der Waals surface area (Å²) < 4.78 is 25.1. The second-order valence-electron chi connectivity index (χ2n) is 7.02. The van der Waals surface area contributed by atoms with Gasteiger partial charge in [0.2, 0.25) is 5.91 Å². The monoisotopic (exact) mass is 408 g/mol. The number of sulfone groups is 1. The largest absolute Gasteiger partial charge is 0.325 e. The van der Waals surface area contributed by atoms with Crippen molar-refractivity contribution in [3.8, 4) is 0 Å². The summed E-state index contributed by atoms with van der Waals surface area (Å²) in [5.74, 6) is 1.48. The van der Waals surface area contributed by atoms with Crippen molar-refractivity contribution < 1.29 is 13.2 Å². The van der Waals surface area contributed by atoms with E-state index < -0.39 is 9.84 Å². The van der Waals surface area contributed by atoms with Crippen molar-refractivity contribution in [2.24, 2.45) is 13.0 Å². The van der Waals surface area contributed by atoms with Gasteiger partial charge in [-0.15, -0.1) is 10.2 Å². The highest BCUT2D eigenvalue weighted by Crippen LogP contribution is 2.24. The molecule has 2 heterocycles. The lowest BCUT2D eigenvalue weighted by atomic mass is 10.1. The third-order valence-electron chi connectivity index (χ3n) is 4.93. The van der Waals surface area contributed by atoms with E-state index in [0.29, 0.717) is 18.0 Å². The Morgan fingerprint density at radius 2 is 2.11 bits per heavy atom. The normalized spacial score (nSPS) is 18.6. The molecule has 3 rings (SSSR count). The number of aromatic nitrogens is 3. The summed E-state index contributed by atoms with van der Waals surface area (Å²) in [5.41, 5.74) is 3.01. The van der Waals surface area contributed by atoms with Gasteiger partial charge in [0.15, 0.2) is 15.0 Å². The number of hydrogen-bond acceptors (Lipinski definition) is 6. The lowest BCUT2D eigenvalue weighted by Crippen LogP contribution is -2.15. The Labute approximate surface area is 163 Å². The molecule has 1 aliphatic heterocycles. The number of carbonyl (C=O) groups excluding carboxylic acids is 1. The van der Waals surface area contributed by atoms with E-state index in [-0.39, 0.29) is 29.1 Å². The highest BCUT2D eigenvalue weighted by atomic mass is 32.2. The Morgan fingerprint density at radius 3 is 2.81 bits per heavy atom. The smallest absolute Gasteiger partial charge is 0.234 e. The van der Waals surface area contributed by atoms with E-state index in [1.54, 1.807) is 0 Å². The number of aryl methyl sites for hydroxylation is 1. The first kappa shape index (κ1) is 19.9. The highest BCUT2D eigenvalue weighted by molar-refractivity contribution is 7.99. The molecule has 0 bridgehead atoms. The molecule has 1 amide bonds. The number of nitrogens with one attached hydrogen (secondary N) is 1. The van der Waals surface area contributed by atoms with Crippen LogP contribution >= 0.6 is 11.8 Å². The Balaban J connectivity index is 1.56. The Kier molecular flexibility index (Phi) is 5.90. The van der Waals surface area contributed by atoms with Crippen molar-refractivity contribution in [2.75, 3.05) is 22.6 Å². The molecule has 0 radical (unpaired) electrons. The first-order valence-electron chi connectivity index (χ1n) is 8.83. The van der Waals surface area contributed by atoms with Crippen LogP contribution in [0.3, 0.4) is 0 Å². The van der Waals surface area contributed by atoms with Crippen molar-refractivity contribution in [1.29, 1.82) is 0 Å². The molecule has 146 valence electrons. The van der Waals surface area contributed by atoms with Crippen LogP contribution in [-0.4, -0.2) is 46.3 Å². The minimum absolute atomic E-state index is 0.0971. The fourth-order valence-electron chi connectivity index (χ4n) is 3.14. The maximum Gasteiger partial charge on any atom is 0.234 e. The Bertz CT molecular complexity index is 954. The van der Waals surface area contributed by atoms with E-state index in [4.69, 9.17) is 0 Å². The van der Waals surface area contributed by atoms with Crippen LogP contribution in [0, 0.1) is 19.8 Å². The molecule has 0 unspecified atom stereocenters. The van der Waals surface area contributed by atoms with Crippen LogP contribution in [0.25, 0.3) is 0 Å². The molecule has 0 aliphatic carbocycles. The summed E-state index contributed by atoms with van der Waals surface area (Å²) in [7, 11) is -1.04. The number of anilines is 1. The third-order valence-corrected chi connectivity index (χ3v) is 7.79. The second kappa shape index (κ2) is 8.02. The van der Waals surface area contributed by atoms with Crippen LogP contribution in [0.15, 0.2) is 23.4 Å². The van der Waals surface area contributed by atoms with Gasteiger partial charge in [-0.2, -0.15) is 0 Å². The van der Waals surface area contributed by atoms with Crippen molar-refractivity contribution >= 4 is 33.2 Å². The number of benzene rings is 1. The number of nitrogens with zero attached hydrogens (tertiary/aromatic N) is 3. The third kappa shape index (κ3) is 4.90. The summed E-state index contributed by atoms with van der Waals surface area (Å²) >= 11 is 1.32. The number of amides is 1. The lowest BCUT2D eigenvalue weighted by Gasteiger charge is -2.10. The molecule has 1 saturated heterocycles. The SMILES string of the molecule is Cc1cccc(NC(=O)CSc2nnc(C[C@H]3CCS(=O)(=O)C3)n2C)c1C. The van der Waals surface area contributed by atoms with Gasteiger partial charge in [0.1, 0.15) is 5.82 Å². The molecular formula is C18H24N4O3S2. The van der Waals surface area contributed by atoms with Gasteiger partial charge in [0, 0.05) is 19.2 Å². The molecule has 1 aliphatic rings. The van der Waals surface area contributed by atoms with Gasteiger partial charge in [-0.05, 0) is 43.4 Å². The summed E-state index contributed by atoms with van der Waals surface area (Å²) in [6, 6.07) is 5.82. The molecule has 7 nitrogen and oxygen atoms in total. The second-order valence-corrected chi connectivity index (χ2v) is 10.2. The van der Waals surface area contributed by atoms with Gasteiger partial charge in [-0.1, -0.05) is 23.9 Å². The summed E-state index contributed by atoms with van der Waals surface area (Å²) in [4.78, 5) is 12.3. The molecule has 27 heavy (non-hydrogen) atoms. The minimum Gasteiger partial charge on any atom is -0.325 e. The standard InChI is InChI=1S/C18H24N4O3S2/c1-12-5-4-6-15(13(12)2)19-17(23)10-26-18-21-20-16(22(18)3)9-14-7-8-27(24,25)11-14/h4-6,14H,7-11H2,1-3H3,(H,19,23)/t14-/m1/s1. The molecule has 1 atom stereocenters. The average Bonchev–Trinajstić information content (AvgIpc) is 3.13. The van der Waals surface area contributed by atoms with Crippen LogP contribution in [0.5, 0.6) is 0 Å². The molecular weight excluding hydrogens is 384 g/mol. The van der Waals surface area contributed by atoms with E-state index in [1.165, 1.54) is 11.8 Å². The van der Waals surface area contributed by atoms with Crippen LogP contribution in [0.2, 0.25) is 0 Å². The summed E-state index contributed by atoms with van der Waals surface area (Å²) in [6.07, 6.45) is 1.27. The fraction of sp³-hybridized carbons (Fsp3) is 0.500. The zero-order valence-electron chi connectivity index (χ0n) is 15.7. The van der Waals surface area contributed by atoms with Gasteiger partial charge in [0.25, 0.3) is 0 Å². The Hall–Kier alpha value is -1.87. The maximum atomic E-state index is 12.3. The van der Waals surface area contributed by atoms with Crippen LogP contribution in [0.1, 0.15) is 23.4 Å². The predicted molar refractivity (Wildman–Crippen MR) is 107 cm³/mol. The van der Waals surface area contributed by atoms with Gasteiger partial charge in [0.05, 0.1) is 17.3 Å². The van der Waals surface area contributed by atoms with E-state index in [2.05, 4.69) is 15.5 Å². The number of hydrogen-bond donors (Lipinski definition) is 1. The summed E-state index contributed by atoms with van der Waals surface area (Å²) in [5, 5.41) is 11.9. The quantitative estimate of drug-likeness (QED) is 0.736. The van der Waals surface area contributed by atoms with Gasteiger partial charge >= 0.3 is 0 Å². The van der Waals surface area contributed by atoms with Crippen LogP contribution in [-0.2, 0) is 28.1 Å². The van der Waals surface area contributed by atoms with E-state index in [1.807, 2.05) is 43.7 Å². The molecule has 0 spiro atoms. The lowest BCUT2D eigenvalue weighted by molar-refractivity contribution is -0.113. The average molecular weight is 409 g/mol. The molecule has 9 heteroatoms. The molecule has 0 saturated carbocycles. The molecule has 1 aromatic carbocycles. The number of rotatable bonds is 6. The van der Waals surface area contributed by atoms with Crippen molar-refractivity contribution in [2.45, 2.75) is 31.8 Å².